The first-order chi connectivity index (χ1) is 9.76. The van der Waals surface area contributed by atoms with E-state index in [-0.39, 0.29) is 30.0 Å². The molecule has 2 aromatic heterocycles. The molecular formula is C11H13BFN5O3. The van der Waals surface area contributed by atoms with Gasteiger partial charge in [0.1, 0.15) is 7.85 Å². The number of rotatable bonds is 2. The Morgan fingerprint density at radius 1 is 1.62 bits per heavy atom. The summed E-state index contributed by atoms with van der Waals surface area (Å²) in [6, 6.07) is 0. The summed E-state index contributed by atoms with van der Waals surface area (Å²) in [7, 11) is 5.83. The highest BCUT2D eigenvalue weighted by atomic mass is 19.1. The van der Waals surface area contributed by atoms with Crippen molar-refractivity contribution < 1.29 is 19.3 Å². The predicted octanol–water partition coefficient (Wildman–Crippen LogP) is -0.925. The van der Waals surface area contributed by atoms with Crippen LogP contribution in [0.3, 0.4) is 0 Å². The molecule has 3 atom stereocenters. The molecule has 10 heteroatoms. The van der Waals surface area contributed by atoms with Gasteiger partial charge in [0.15, 0.2) is 23.2 Å². The normalized spacial score (nSPS) is 32.9. The average molecular weight is 293 g/mol. The SMILES string of the molecule is [B]C1(O)C[C@@](C)(CO)OC1n1cnc2c(N)nc(F)nc21. The van der Waals surface area contributed by atoms with Crippen molar-refractivity contribution in [2.75, 3.05) is 12.3 Å². The smallest absolute Gasteiger partial charge is 0.312 e. The Bertz CT molecular complexity index is 708. The van der Waals surface area contributed by atoms with E-state index in [0.717, 1.165) is 0 Å². The maximum absolute atomic E-state index is 13.3. The number of aliphatic hydroxyl groups excluding tert-OH is 1. The lowest BCUT2D eigenvalue weighted by molar-refractivity contribution is -0.104. The number of ether oxygens (including phenoxy) is 1. The molecule has 0 aliphatic carbocycles. The van der Waals surface area contributed by atoms with Crippen molar-refractivity contribution in [3.05, 3.63) is 12.4 Å². The zero-order chi connectivity index (χ0) is 15.4. The van der Waals surface area contributed by atoms with Crippen LogP contribution in [-0.4, -0.2) is 55.3 Å². The zero-order valence-electron chi connectivity index (χ0n) is 11.2. The number of hydrogen-bond donors (Lipinski definition) is 3. The summed E-state index contributed by atoms with van der Waals surface area (Å²) in [5, 5.41) is 19.7. The molecule has 3 rings (SSSR count). The van der Waals surface area contributed by atoms with E-state index in [0.29, 0.717) is 0 Å². The minimum atomic E-state index is -1.78. The maximum atomic E-state index is 13.3. The van der Waals surface area contributed by atoms with Gasteiger partial charge in [0.2, 0.25) is 0 Å². The van der Waals surface area contributed by atoms with Crippen LogP contribution in [0.5, 0.6) is 0 Å². The Labute approximate surface area is 120 Å². The fourth-order valence-corrected chi connectivity index (χ4v) is 2.57. The van der Waals surface area contributed by atoms with Crippen LogP contribution in [0.1, 0.15) is 19.6 Å². The second-order valence-electron chi connectivity index (χ2n) is 5.45. The van der Waals surface area contributed by atoms with Crippen molar-refractivity contribution in [1.29, 1.82) is 0 Å². The van der Waals surface area contributed by atoms with E-state index >= 15 is 0 Å². The van der Waals surface area contributed by atoms with Gasteiger partial charge in [-0.05, 0) is 6.92 Å². The van der Waals surface area contributed by atoms with E-state index in [1.807, 2.05) is 0 Å². The summed E-state index contributed by atoms with van der Waals surface area (Å²) in [6.45, 7) is 1.27. The summed E-state index contributed by atoms with van der Waals surface area (Å²) in [5.41, 5.74) is 3.00. The van der Waals surface area contributed by atoms with Crippen LogP contribution in [-0.2, 0) is 4.74 Å². The zero-order valence-corrected chi connectivity index (χ0v) is 11.2. The summed E-state index contributed by atoms with van der Waals surface area (Å²) in [5.74, 6) is -0.125. The van der Waals surface area contributed by atoms with Crippen LogP contribution in [0, 0.1) is 6.08 Å². The molecule has 110 valence electrons. The van der Waals surface area contributed by atoms with Crippen LogP contribution >= 0.6 is 0 Å². The van der Waals surface area contributed by atoms with Crippen molar-refractivity contribution >= 4 is 24.8 Å². The number of anilines is 1. The van der Waals surface area contributed by atoms with E-state index < -0.39 is 23.4 Å². The van der Waals surface area contributed by atoms with E-state index in [1.54, 1.807) is 6.92 Å². The molecule has 2 aromatic rings. The number of halogens is 1. The number of hydrogen-bond acceptors (Lipinski definition) is 7. The number of aromatic nitrogens is 4. The Morgan fingerprint density at radius 2 is 2.33 bits per heavy atom. The Morgan fingerprint density at radius 3 is 2.95 bits per heavy atom. The Hall–Kier alpha value is -1.78. The maximum Gasteiger partial charge on any atom is 0.312 e. The van der Waals surface area contributed by atoms with Crippen LogP contribution in [0.4, 0.5) is 10.2 Å². The molecule has 0 saturated carbocycles. The molecule has 0 aromatic carbocycles. The molecule has 4 N–H and O–H groups in total. The molecule has 1 fully saturated rings. The lowest BCUT2D eigenvalue weighted by atomic mass is 9.75. The minimum absolute atomic E-state index is 0.0100. The largest absolute Gasteiger partial charge is 0.395 e. The average Bonchev–Trinajstić information content (AvgIpc) is 2.88. The molecule has 3 heterocycles. The summed E-state index contributed by atoms with van der Waals surface area (Å²) < 4.78 is 20.2. The van der Waals surface area contributed by atoms with Gasteiger partial charge < -0.3 is 20.7 Å². The van der Waals surface area contributed by atoms with Gasteiger partial charge in [-0.3, -0.25) is 4.57 Å². The van der Waals surface area contributed by atoms with Gasteiger partial charge in [-0.2, -0.15) is 14.4 Å². The van der Waals surface area contributed by atoms with Crippen molar-refractivity contribution in [3.8, 4) is 0 Å². The van der Waals surface area contributed by atoms with Gasteiger partial charge in [0.05, 0.1) is 24.0 Å². The summed E-state index contributed by atoms with van der Waals surface area (Å²) in [4.78, 5) is 11.0. The minimum Gasteiger partial charge on any atom is -0.395 e. The Balaban J connectivity index is 2.13. The second kappa shape index (κ2) is 4.36. The highest BCUT2D eigenvalue weighted by Gasteiger charge is 2.51. The summed E-state index contributed by atoms with van der Waals surface area (Å²) in [6.07, 6.45) is -0.844. The molecule has 1 aliphatic rings. The lowest BCUT2D eigenvalue weighted by Gasteiger charge is -2.25. The molecule has 1 saturated heterocycles. The number of imidazole rings is 1. The van der Waals surface area contributed by atoms with E-state index in [4.69, 9.17) is 18.3 Å². The quantitative estimate of drug-likeness (QED) is 0.483. The standard InChI is InChI=1S/C11H13BFN5O3/c1-10(3-19)2-11(12,20)8(21-10)18-4-15-5-6(14)16-9(13)17-7(5)18/h4,8,19-20H,2-3H2,1H3,(H2,14,16,17)/t8?,10-,11?/m0/s1. The predicted molar refractivity (Wildman–Crippen MR) is 70.6 cm³/mol. The molecule has 1 aliphatic heterocycles. The molecule has 8 nitrogen and oxygen atoms in total. The van der Waals surface area contributed by atoms with E-state index in [9.17, 15) is 14.6 Å². The third kappa shape index (κ3) is 2.15. The van der Waals surface area contributed by atoms with E-state index in [1.165, 1.54) is 10.9 Å². The molecule has 0 bridgehead atoms. The number of aliphatic hydroxyl groups is 2. The number of nitrogens with two attached hydrogens (primary N) is 1. The van der Waals surface area contributed by atoms with Crippen LogP contribution in [0.15, 0.2) is 6.33 Å². The van der Waals surface area contributed by atoms with Gasteiger partial charge >= 0.3 is 6.08 Å². The molecule has 2 radical (unpaired) electrons. The first kappa shape index (κ1) is 14.2. The first-order valence-electron chi connectivity index (χ1n) is 6.21. The molecule has 0 amide bonds. The van der Waals surface area contributed by atoms with Gasteiger partial charge in [-0.25, -0.2) is 4.98 Å². The second-order valence-corrected chi connectivity index (χ2v) is 5.45. The van der Waals surface area contributed by atoms with Crippen LogP contribution in [0.25, 0.3) is 11.2 Å². The highest BCUT2D eigenvalue weighted by Crippen LogP contribution is 2.43. The van der Waals surface area contributed by atoms with Crippen molar-refractivity contribution in [2.24, 2.45) is 0 Å². The van der Waals surface area contributed by atoms with Crippen LogP contribution < -0.4 is 5.73 Å². The molecule has 0 spiro atoms. The van der Waals surface area contributed by atoms with Gasteiger partial charge in [-0.1, -0.05) is 0 Å². The number of nitrogens with zero attached hydrogens (tertiary/aromatic N) is 4. The molecule has 21 heavy (non-hydrogen) atoms. The fraction of sp³-hybridized carbons (Fsp3) is 0.545. The molecular weight excluding hydrogens is 280 g/mol. The first-order valence-corrected chi connectivity index (χ1v) is 6.21. The topological polar surface area (TPSA) is 119 Å². The van der Waals surface area contributed by atoms with Gasteiger partial charge in [-0.15, -0.1) is 0 Å². The van der Waals surface area contributed by atoms with Crippen molar-refractivity contribution in [2.45, 2.75) is 30.7 Å². The van der Waals surface area contributed by atoms with Gasteiger partial charge in [0.25, 0.3) is 0 Å². The van der Waals surface area contributed by atoms with E-state index in [2.05, 4.69) is 15.0 Å². The Kier molecular flexibility index (Phi) is 2.94. The number of fused-ring (bicyclic) bond motifs is 1. The lowest BCUT2D eigenvalue weighted by Crippen LogP contribution is -2.36. The third-order valence-corrected chi connectivity index (χ3v) is 3.49. The fourth-order valence-electron chi connectivity index (χ4n) is 2.57. The van der Waals surface area contributed by atoms with Gasteiger partial charge in [0, 0.05) is 6.42 Å². The summed E-state index contributed by atoms with van der Waals surface area (Å²) >= 11 is 0. The molecule has 2 unspecified atom stereocenters. The monoisotopic (exact) mass is 293 g/mol. The van der Waals surface area contributed by atoms with Crippen LogP contribution in [0.2, 0.25) is 0 Å². The van der Waals surface area contributed by atoms with Crippen molar-refractivity contribution in [1.82, 2.24) is 19.5 Å². The third-order valence-electron chi connectivity index (χ3n) is 3.49. The van der Waals surface area contributed by atoms with Crippen molar-refractivity contribution in [3.63, 3.8) is 0 Å². The number of nitrogen functional groups attached to an aromatic ring is 1. The highest BCUT2D eigenvalue weighted by molar-refractivity contribution is 6.14.